The van der Waals surface area contributed by atoms with E-state index in [1.54, 1.807) is 0 Å². The molecule has 0 amide bonds. The van der Waals surface area contributed by atoms with E-state index in [0.29, 0.717) is 5.41 Å². The molecule has 0 aromatic rings. The maximum atomic E-state index is 9.44. The predicted octanol–water partition coefficient (Wildman–Crippen LogP) is 1.96. The summed E-state index contributed by atoms with van der Waals surface area (Å²) in [6, 6.07) is 0. The van der Waals surface area contributed by atoms with Gasteiger partial charge in [-0.2, -0.15) is 0 Å². The zero-order valence-corrected chi connectivity index (χ0v) is 8.50. The highest BCUT2D eigenvalue weighted by Gasteiger charge is 2.32. The quantitative estimate of drug-likeness (QED) is 0.655. The van der Waals surface area contributed by atoms with Crippen molar-refractivity contribution in [3.05, 3.63) is 0 Å². The van der Waals surface area contributed by atoms with Gasteiger partial charge in [0.2, 0.25) is 0 Å². The van der Waals surface area contributed by atoms with Crippen molar-refractivity contribution in [2.24, 2.45) is 5.41 Å². The van der Waals surface area contributed by atoms with E-state index in [4.69, 9.17) is 4.74 Å². The van der Waals surface area contributed by atoms with Crippen LogP contribution >= 0.6 is 0 Å². The third-order valence-electron chi connectivity index (χ3n) is 2.29. The topological polar surface area (TPSA) is 29.5 Å². The van der Waals surface area contributed by atoms with Crippen LogP contribution in [0.4, 0.5) is 0 Å². The molecule has 0 aromatic heterocycles. The third-order valence-corrected chi connectivity index (χ3v) is 2.29. The molecule has 0 saturated carbocycles. The van der Waals surface area contributed by atoms with E-state index >= 15 is 0 Å². The van der Waals surface area contributed by atoms with Gasteiger partial charge in [0, 0.05) is 6.42 Å². The maximum Gasteiger partial charge on any atom is 0.0823 e. The van der Waals surface area contributed by atoms with E-state index in [1.165, 1.54) is 0 Å². The highest BCUT2D eigenvalue weighted by Crippen LogP contribution is 2.30. The van der Waals surface area contributed by atoms with Gasteiger partial charge in [-0.15, -0.1) is 0 Å². The standard InChI is InChI=1S/C10H20O2/c1-7-9(11)5-8(12-7)6-10(2,3)4/h7-9,11H,5-6H2,1-4H3/t7?,8?,9-/m1/s1. The van der Waals surface area contributed by atoms with Crippen molar-refractivity contribution in [2.45, 2.75) is 58.8 Å². The van der Waals surface area contributed by atoms with Gasteiger partial charge in [-0.1, -0.05) is 20.8 Å². The largest absolute Gasteiger partial charge is 0.390 e. The fourth-order valence-corrected chi connectivity index (χ4v) is 1.73. The van der Waals surface area contributed by atoms with Gasteiger partial charge in [0.05, 0.1) is 18.3 Å². The monoisotopic (exact) mass is 172 g/mol. The minimum absolute atomic E-state index is 0.0253. The molecule has 2 heteroatoms. The number of aliphatic hydroxyl groups is 1. The highest BCUT2D eigenvalue weighted by atomic mass is 16.5. The van der Waals surface area contributed by atoms with Crippen molar-refractivity contribution in [1.29, 1.82) is 0 Å². The average molecular weight is 172 g/mol. The maximum absolute atomic E-state index is 9.44. The lowest BCUT2D eigenvalue weighted by atomic mass is 9.88. The smallest absolute Gasteiger partial charge is 0.0823 e. The van der Waals surface area contributed by atoms with E-state index in [1.807, 2.05) is 6.92 Å². The summed E-state index contributed by atoms with van der Waals surface area (Å²) in [6.45, 7) is 8.54. The summed E-state index contributed by atoms with van der Waals surface area (Å²) in [5, 5.41) is 9.44. The zero-order valence-electron chi connectivity index (χ0n) is 8.50. The minimum Gasteiger partial charge on any atom is -0.390 e. The van der Waals surface area contributed by atoms with Crippen molar-refractivity contribution >= 4 is 0 Å². The third kappa shape index (κ3) is 2.76. The van der Waals surface area contributed by atoms with Crippen molar-refractivity contribution < 1.29 is 9.84 Å². The molecule has 1 heterocycles. The first kappa shape index (κ1) is 10.0. The molecule has 0 aromatic carbocycles. The van der Waals surface area contributed by atoms with Crippen molar-refractivity contribution in [3.8, 4) is 0 Å². The summed E-state index contributed by atoms with van der Waals surface area (Å²) < 4.78 is 5.60. The first-order valence-corrected chi connectivity index (χ1v) is 4.72. The van der Waals surface area contributed by atoms with E-state index in [0.717, 1.165) is 12.8 Å². The molecule has 2 nitrogen and oxygen atoms in total. The highest BCUT2D eigenvalue weighted by molar-refractivity contribution is 4.81. The zero-order chi connectivity index (χ0) is 9.35. The number of ether oxygens (including phenoxy) is 1. The van der Waals surface area contributed by atoms with Crippen LogP contribution in [0, 0.1) is 5.41 Å². The Morgan fingerprint density at radius 1 is 1.42 bits per heavy atom. The number of aliphatic hydroxyl groups excluding tert-OH is 1. The molecule has 1 saturated heterocycles. The molecule has 1 aliphatic heterocycles. The van der Waals surface area contributed by atoms with Crippen LogP contribution in [0.2, 0.25) is 0 Å². The lowest BCUT2D eigenvalue weighted by Crippen LogP contribution is -2.17. The fourth-order valence-electron chi connectivity index (χ4n) is 1.73. The SMILES string of the molecule is CC1OC(CC(C)(C)C)C[C@H]1O. The summed E-state index contributed by atoms with van der Waals surface area (Å²) in [6.07, 6.45) is 1.87. The van der Waals surface area contributed by atoms with Gasteiger partial charge in [-0.05, 0) is 18.8 Å². The Balaban J connectivity index is 2.38. The fraction of sp³-hybridized carbons (Fsp3) is 1.00. The predicted molar refractivity (Wildman–Crippen MR) is 49.0 cm³/mol. The summed E-state index contributed by atoms with van der Waals surface area (Å²) in [4.78, 5) is 0. The molecule has 0 radical (unpaired) electrons. The first-order valence-electron chi connectivity index (χ1n) is 4.72. The summed E-state index contributed by atoms with van der Waals surface area (Å²) in [5.74, 6) is 0. The normalized spacial score (nSPS) is 37.2. The summed E-state index contributed by atoms with van der Waals surface area (Å²) in [5.41, 5.74) is 0.300. The lowest BCUT2D eigenvalue weighted by Gasteiger charge is -2.22. The van der Waals surface area contributed by atoms with Gasteiger partial charge < -0.3 is 9.84 Å². The molecule has 1 fully saturated rings. The van der Waals surface area contributed by atoms with Crippen molar-refractivity contribution in [1.82, 2.24) is 0 Å². The summed E-state index contributed by atoms with van der Waals surface area (Å²) >= 11 is 0. The molecular formula is C10H20O2. The van der Waals surface area contributed by atoms with Crippen LogP contribution in [0.25, 0.3) is 0 Å². The van der Waals surface area contributed by atoms with Crippen LogP contribution in [-0.4, -0.2) is 23.4 Å². The second kappa shape index (κ2) is 3.35. The Morgan fingerprint density at radius 3 is 2.33 bits per heavy atom. The molecule has 3 atom stereocenters. The minimum atomic E-state index is -0.252. The average Bonchev–Trinajstić information content (AvgIpc) is 2.07. The molecule has 1 N–H and O–H groups in total. The molecule has 72 valence electrons. The van der Waals surface area contributed by atoms with Gasteiger partial charge in [0.15, 0.2) is 0 Å². The van der Waals surface area contributed by atoms with E-state index in [2.05, 4.69) is 20.8 Å². The van der Waals surface area contributed by atoms with Crippen LogP contribution in [0.3, 0.4) is 0 Å². The van der Waals surface area contributed by atoms with Crippen LogP contribution in [-0.2, 0) is 4.74 Å². The Hall–Kier alpha value is -0.0800. The molecule has 0 bridgehead atoms. The van der Waals surface area contributed by atoms with Crippen LogP contribution in [0.1, 0.15) is 40.5 Å². The van der Waals surface area contributed by atoms with Gasteiger partial charge in [0.25, 0.3) is 0 Å². The van der Waals surface area contributed by atoms with Crippen LogP contribution in [0.5, 0.6) is 0 Å². The Morgan fingerprint density at radius 2 is 2.00 bits per heavy atom. The number of rotatable bonds is 1. The molecule has 2 unspecified atom stereocenters. The van der Waals surface area contributed by atoms with Gasteiger partial charge in [-0.25, -0.2) is 0 Å². The summed E-state index contributed by atoms with van der Waals surface area (Å²) in [7, 11) is 0. The Labute approximate surface area is 74.9 Å². The van der Waals surface area contributed by atoms with Crippen molar-refractivity contribution in [3.63, 3.8) is 0 Å². The second-order valence-electron chi connectivity index (χ2n) is 5.03. The van der Waals surface area contributed by atoms with Crippen LogP contribution in [0.15, 0.2) is 0 Å². The van der Waals surface area contributed by atoms with E-state index in [9.17, 15) is 5.11 Å². The Bertz CT molecular complexity index is 138. The first-order chi connectivity index (χ1) is 5.38. The molecule has 0 aliphatic carbocycles. The van der Waals surface area contributed by atoms with Crippen molar-refractivity contribution in [2.75, 3.05) is 0 Å². The van der Waals surface area contributed by atoms with Gasteiger partial charge in [-0.3, -0.25) is 0 Å². The Kier molecular flexibility index (Phi) is 2.79. The number of hydrogen-bond donors (Lipinski definition) is 1. The molecule has 12 heavy (non-hydrogen) atoms. The number of hydrogen-bond acceptors (Lipinski definition) is 2. The second-order valence-corrected chi connectivity index (χ2v) is 5.03. The lowest BCUT2D eigenvalue weighted by molar-refractivity contribution is 0.00804. The van der Waals surface area contributed by atoms with Gasteiger partial charge >= 0.3 is 0 Å². The van der Waals surface area contributed by atoms with E-state index < -0.39 is 0 Å². The van der Waals surface area contributed by atoms with Crippen LogP contribution < -0.4 is 0 Å². The molecule has 1 rings (SSSR count). The van der Waals surface area contributed by atoms with Gasteiger partial charge in [0.1, 0.15) is 0 Å². The molecular weight excluding hydrogens is 152 g/mol. The molecule has 1 aliphatic rings. The van der Waals surface area contributed by atoms with E-state index in [-0.39, 0.29) is 18.3 Å². The molecule has 0 spiro atoms.